The molecule has 4 nitrogen and oxygen atoms in total. The van der Waals surface area contributed by atoms with Gasteiger partial charge in [0.05, 0.1) is 6.61 Å². The molecule has 2 rings (SSSR count). The summed E-state index contributed by atoms with van der Waals surface area (Å²) in [4.78, 5) is 14.2. The summed E-state index contributed by atoms with van der Waals surface area (Å²) < 4.78 is 0. The molecule has 16 heavy (non-hydrogen) atoms. The van der Waals surface area contributed by atoms with E-state index in [9.17, 15) is 4.79 Å². The Kier molecular flexibility index (Phi) is 2.66. The second-order valence-corrected chi connectivity index (χ2v) is 3.78. The predicted molar refractivity (Wildman–Crippen MR) is 60.5 cm³/mol. The molecule has 0 fully saturated rings. The number of aromatic nitrogens is 1. The highest BCUT2D eigenvalue weighted by atomic mass is 16.4. The first-order chi connectivity index (χ1) is 7.65. The SMILES string of the molecule is Cc1[nH]c2ccccc2c1C(CO)C(=O)O. The van der Waals surface area contributed by atoms with Gasteiger partial charge < -0.3 is 15.2 Å². The molecule has 4 heteroatoms. The number of hydrogen-bond donors (Lipinski definition) is 3. The molecular formula is C12H13NO3. The van der Waals surface area contributed by atoms with Gasteiger partial charge in [0.25, 0.3) is 0 Å². The number of aliphatic hydroxyl groups excluding tert-OH is 1. The Morgan fingerprint density at radius 2 is 2.12 bits per heavy atom. The molecule has 1 heterocycles. The van der Waals surface area contributed by atoms with Crippen molar-refractivity contribution in [3.63, 3.8) is 0 Å². The largest absolute Gasteiger partial charge is 0.481 e. The molecular weight excluding hydrogens is 206 g/mol. The number of fused-ring (bicyclic) bond motifs is 1. The van der Waals surface area contributed by atoms with Crippen LogP contribution in [0.25, 0.3) is 10.9 Å². The number of carbonyl (C=O) groups is 1. The Hall–Kier alpha value is -1.81. The van der Waals surface area contributed by atoms with Gasteiger partial charge in [-0.05, 0) is 18.6 Å². The number of nitrogens with one attached hydrogen (secondary N) is 1. The smallest absolute Gasteiger partial charge is 0.313 e. The fourth-order valence-electron chi connectivity index (χ4n) is 2.04. The lowest BCUT2D eigenvalue weighted by molar-refractivity contribution is -0.139. The van der Waals surface area contributed by atoms with Crippen LogP contribution >= 0.6 is 0 Å². The van der Waals surface area contributed by atoms with Gasteiger partial charge in [-0.15, -0.1) is 0 Å². The molecule has 0 aliphatic rings. The molecule has 0 radical (unpaired) electrons. The molecule has 1 unspecified atom stereocenters. The number of carboxylic acids is 1. The van der Waals surface area contributed by atoms with Gasteiger partial charge in [-0.2, -0.15) is 0 Å². The Morgan fingerprint density at radius 1 is 1.44 bits per heavy atom. The summed E-state index contributed by atoms with van der Waals surface area (Å²) in [6.07, 6.45) is 0. The third-order valence-electron chi connectivity index (χ3n) is 2.77. The lowest BCUT2D eigenvalue weighted by Gasteiger charge is -2.09. The van der Waals surface area contributed by atoms with Crippen LogP contribution in [0.5, 0.6) is 0 Å². The number of para-hydroxylation sites is 1. The molecule has 0 aliphatic heterocycles. The summed E-state index contributed by atoms with van der Waals surface area (Å²) in [6, 6.07) is 7.49. The topological polar surface area (TPSA) is 73.3 Å². The number of aliphatic hydroxyl groups is 1. The van der Waals surface area contributed by atoms with Gasteiger partial charge in [0.15, 0.2) is 0 Å². The van der Waals surface area contributed by atoms with Crippen LogP contribution < -0.4 is 0 Å². The van der Waals surface area contributed by atoms with Crippen LogP contribution in [0.15, 0.2) is 24.3 Å². The molecule has 0 amide bonds. The van der Waals surface area contributed by atoms with Crippen LogP contribution in [0.4, 0.5) is 0 Å². The molecule has 2 aromatic rings. The minimum absolute atomic E-state index is 0.391. The maximum absolute atomic E-state index is 11.1. The minimum atomic E-state index is -1.00. The molecule has 0 spiro atoms. The lowest BCUT2D eigenvalue weighted by atomic mass is 9.97. The zero-order valence-corrected chi connectivity index (χ0v) is 8.90. The van der Waals surface area contributed by atoms with Crippen LogP contribution in [0.1, 0.15) is 17.2 Å². The first-order valence-corrected chi connectivity index (χ1v) is 5.06. The summed E-state index contributed by atoms with van der Waals surface area (Å²) >= 11 is 0. The van der Waals surface area contributed by atoms with E-state index in [2.05, 4.69) is 4.98 Å². The number of rotatable bonds is 3. The van der Waals surface area contributed by atoms with E-state index in [0.717, 1.165) is 16.6 Å². The highest BCUT2D eigenvalue weighted by Crippen LogP contribution is 2.28. The second-order valence-electron chi connectivity index (χ2n) is 3.78. The van der Waals surface area contributed by atoms with Crippen molar-refractivity contribution < 1.29 is 15.0 Å². The molecule has 0 saturated carbocycles. The minimum Gasteiger partial charge on any atom is -0.481 e. The van der Waals surface area contributed by atoms with Gasteiger partial charge in [-0.3, -0.25) is 4.79 Å². The molecule has 1 atom stereocenters. The maximum Gasteiger partial charge on any atom is 0.313 e. The van der Waals surface area contributed by atoms with E-state index in [1.165, 1.54) is 0 Å². The van der Waals surface area contributed by atoms with Gasteiger partial charge in [0, 0.05) is 16.6 Å². The van der Waals surface area contributed by atoms with Crippen molar-refractivity contribution in [3.8, 4) is 0 Å². The van der Waals surface area contributed by atoms with Crippen molar-refractivity contribution in [1.29, 1.82) is 0 Å². The lowest BCUT2D eigenvalue weighted by Crippen LogP contribution is -2.16. The normalized spacial score (nSPS) is 12.9. The number of aryl methyl sites for hydroxylation is 1. The van der Waals surface area contributed by atoms with E-state index in [1.54, 1.807) is 0 Å². The summed E-state index contributed by atoms with van der Waals surface area (Å²) in [6.45, 7) is 1.43. The van der Waals surface area contributed by atoms with Gasteiger partial charge in [0.1, 0.15) is 5.92 Å². The maximum atomic E-state index is 11.1. The molecule has 0 saturated heterocycles. The van der Waals surface area contributed by atoms with Crippen molar-refractivity contribution >= 4 is 16.9 Å². The zero-order chi connectivity index (χ0) is 11.7. The molecule has 84 valence electrons. The van der Waals surface area contributed by atoms with E-state index in [-0.39, 0.29) is 0 Å². The Balaban J connectivity index is 2.66. The predicted octanol–water partition coefficient (Wildman–Crippen LogP) is 1.64. The van der Waals surface area contributed by atoms with Crippen LogP contribution in [-0.2, 0) is 4.79 Å². The van der Waals surface area contributed by atoms with E-state index >= 15 is 0 Å². The third-order valence-corrected chi connectivity index (χ3v) is 2.77. The number of aliphatic carboxylic acids is 1. The van der Waals surface area contributed by atoms with E-state index in [0.29, 0.717) is 5.56 Å². The molecule has 0 aliphatic carbocycles. The third kappa shape index (κ3) is 1.57. The van der Waals surface area contributed by atoms with E-state index in [1.807, 2.05) is 31.2 Å². The second kappa shape index (κ2) is 3.98. The summed E-state index contributed by atoms with van der Waals surface area (Å²) in [5.74, 6) is -1.87. The Bertz CT molecular complexity index is 530. The fourth-order valence-corrected chi connectivity index (χ4v) is 2.04. The van der Waals surface area contributed by atoms with Crippen molar-refractivity contribution in [2.24, 2.45) is 0 Å². The zero-order valence-electron chi connectivity index (χ0n) is 8.90. The number of benzene rings is 1. The monoisotopic (exact) mass is 219 g/mol. The van der Waals surface area contributed by atoms with Gasteiger partial charge in [-0.1, -0.05) is 18.2 Å². The van der Waals surface area contributed by atoms with Crippen molar-refractivity contribution in [2.75, 3.05) is 6.61 Å². The van der Waals surface area contributed by atoms with Gasteiger partial charge >= 0.3 is 5.97 Å². The van der Waals surface area contributed by atoms with Gasteiger partial charge in [0.2, 0.25) is 0 Å². The van der Waals surface area contributed by atoms with Crippen molar-refractivity contribution in [3.05, 3.63) is 35.5 Å². The van der Waals surface area contributed by atoms with Crippen LogP contribution in [0.3, 0.4) is 0 Å². The Morgan fingerprint density at radius 3 is 2.75 bits per heavy atom. The van der Waals surface area contributed by atoms with E-state index < -0.39 is 18.5 Å². The summed E-state index contributed by atoms with van der Waals surface area (Å²) in [5.41, 5.74) is 2.36. The first-order valence-electron chi connectivity index (χ1n) is 5.06. The average Bonchev–Trinajstić information content (AvgIpc) is 2.57. The van der Waals surface area contributed by atoms with Crippen molar-refractivity contribution in [2.45, 2.75) is 12.8 Å². The molecule has 0 bridgehead atoms. The van der Waals surface area contributed by atoms with Crippen LogP contribution in [0, 0.1) is 6.92 Å². The first kappa shape index (κ1) is 10.7. The highest BCUT2D eigenvalue weighted by molar-refractivity contribution is 5.90. The standard InChI is InChI=1S/C12H13NO3/c1-7-11(9(6-14)12(15)16)8-4-2-3-5-10(8)13-7/h2-5,9,13-14H,6H2,1H3,(H,15,16). The number of carboxylic acid groups (broad SMARTS) is 1. The van der Waals surface area contributed by atoms with Crippen LogP contribution in [0.2, 0.25) is 0 Å². The number of H-pyrrole nitrogens is 1. The number of aromatic amines is 1. The number of hydrogen-bond acceptors (Lipinski definition) is 2. The quantitative estimate of drug-likeness (QED) is 0.734. The molecule has 1 aromatic carbocycles. The molecule has 1 aromatic heterocycles. The van der Waals surface area contributed by atoms with Crippen molar-refractivity contribution in [1.82, 2.24) is 4.98 Å². The van der Waals surface area contributed by atoms with Crippen LogP contribution in [-0.4, -0.2) is 27.8 Å². The summed E-state index contributed by atoms with van der Waals surface area (Å²) in [7, 11) is 0. The Labute approximate surface area is 92.5 Å². The van der Waals surface area contributed by atoms with Gasteiger partial charge in [-0.25, -0.2) is 0 Å². The highest BCUT2D eigenvalue weighted by Gasteiger charge is 2.24. The summed E-state index contributed by atoms with van der Waals surface area (Å²) in [5, 5.41) is 19.1. The van der Waals surface area contributed by atoms with E-state index in [4.69, 9.17) is 10.2 Å². The fraction of sp³-hybridized carbons (Fsp3) is 0.250. The average molecular weight is 219 g/mol. The molecule has 3 N–H and O–H groups in total.